The molecule has 7 atom stereocenters. The van der Waals surface area contributed by atoms with Crippen molar-refractivity contribution in [3.05, 3.63) is 11.6 Å². The van der Waals surface area contributed by atoms with Gasteiger partial charge in [-0.15, -0.1) is 0 Å². The lowest BCUT2D eigenvalue weighted by Crippen LogP contribution is -2.69. The van der Waals surface area contributed by atoms with E-state index in [1.165, 1.54) is 6.92 Å². The minimum atomic E-state index is -1.82. The van der Waals surface area contributed by atoms with Crippen molar-refractivity contribution in [2.45, 2.75) is 83.1 Å². The van der Waals surface area contributed by atoms with Gasteiger partial charge in [-0.1, -0.05) is 19.4 Å². The summed E-state index contributed by atoms with van der Waals surface area (Å²) in [5, 5.41) is 22.2. The second-order valence-electron chi connectivity index (χ2n) is 9.58. The quantitative estimate of drug-likeness (QED) is 0.750. The first-order chi connectivity index (χ1) is 12.0. The highest BCUT2D eigenvalue weighted by molar-refractivity contribution is 5.91. The molecular formula is C21H29FO4. The molecule has 4 aliphatic rings. The van der Waals surface area contributed by atoms with Crippen LogP contribution >= 0.6 is 0 Å². The van der Waals surface area contributed by atoms with Crippen LogP contribution in [0.4, 0.5) is 4.39 Å². The number of allylic oxidation sites excluding steroid dienone is 1. The van der Waals surface area contributed by atoms with Crippen molar-refractivity contribution in [1.82, 2.24) is 0 Å². The summed E-state index contributed by atoms with van der Waals surface area (Å²) in [4.78, 5) is 24.1. The molecule has 0 heterocycles. The second kappa shape index (κ2) is 5.26. The zero-order valence-electron chi connectivity index (χ0n) is 15.8. The highest BCUT2D eigenvalue weighted by Crippen LogP contribution is 2.70. The van der Waals surface area contributed by atoms with Gasteiger partial charge < -0.3 is 10.2 Å². The van der Waals surface area contributed by atoms with Crippen molar-refractivity contribution < 1.29 is 24.2 Å². The van der Waals surface area contributed by atoms with E-state index in [9.17, 15) is 19.8 Å². The van der Waals surface area contributed by atoms with Crippen LogP contribution in [0.15, 0.2) is 11.6 Å². The van der Waals surface area contributed by atoms with Crippen molar-refractivity contribution in [3.63, 3.8) is 0 Å². The first-order valence-electron chi connectivity index (χ1n) is 9.85. The first kappa shape index (κ1) is 18.3. The van der Waals surface area contributed by atoms with Gasteiger partial charge in [0.25, 0.3) is 0 Å². The van der Waals surface area contributed by atoms with Gasteiger partial charge in [-0.05, 0) is 57.4 Å². The standard InChI is InChI=1S/C21H29FO4/c1-12(23)20(26)9-7-15-16-5-4-13-10-14(24)6-8-18(13,2)21(16,22)17(25)11-19(15,20)3/h10,15-17,25-26H,4-9,11H2,1-3H3/t15-,16+,17+,18+,19+,20+,21-/m1/s1. The maximum atomic E-state index is 16.8. The summed E-state index contributed by atoms with van der Waals surface area (Å²) < 4.78 is 16.8. The van der Waals surface area contributed by atoms with Crippen LogP contribution in [0.25, 0.3) is 0 Å². The second-order valence-corrected chi connectivity index (χ2v) is 9.58. The van der Waals surface area contributed by atoms with Crippen molar-refractivity contribution in [1.29, 1.82) is 0 Å². The SMILES string of the molecule is CC(=O)[C@@]1(O)CC[C@@H]2[C@@H]3CCC4=CC(=O)CC[C@]4(C)[C@]3(F)[C@@H](O)C[C@@]21C. The van der Waals surface area contributed by atoms with Crippen molar-refractivity contribution in [3.8, 4) is 0 Å². The Morgan fingerprint density at radius 1 is 1.19 bits per heavy atom. The molecule has 0 bridgehead atoms. The largest absolute Gasteiger partial charge is 0.390 e. The molecule has 4 aliphatic carbocycles. The third kappa shape index (κ3) is 1.86. The average Bonchev–Trinajstić information content (AvgIpc) is 2.83. The van der Waals surface area contributed by atoms with E-state index in [0.29, 0.717) is 38.5 Å². The third-order valence-electron chi connectivity index (χ3n) is 8.78. The van der Waals surface area contributed by atoms with Crippen LogP contribution < -0.4 is 0 Å². The summed E-state index contributed by atoms with van der Waals surface area (Å²) in [5.74, 6) is -0.783. The van der Waals surface area contributed by atoms with Gasteiger partial charge in [0, 0.05) is 23.2 Å². The molecule has 2 N–H and O–H groups in total. The van der Waals surface area contributed by atoms with Gasteiger partial charge >= 0.3 is 0 Å². The van der Waals surface area contributed by atoms with Crippen LogP contribution in [0.1, 0.15) is 65.7 Å². The average molecular weight is 364 g/mol. The van der Waals surface area contributed by atoms with Crippen molar-refractivity contribution in [2.24, 2.45) is 22.7 Å². The number of carbonyl (C=O) groups is 2. The Balaban J connectivity index is 1.82. The number of alkyl halides is 1. The minimum absolute atomic E-state index is 0.0430. The third-order valence-corrected chi connectivity index (χ3v) is 8.78. The number of ketones is 2. The molecule has 3 saturated carbocycles. The molecule has 4 rings (SSSR count). The van der Waals surface area contributed by atoms with E-state index in [1.54, 1.807) is 6.08 Å². The predicted molar refractivity (Wildman–Crippen MR) is 94.1 cm³/mol. The zero-order chi connectivity index (χ0) is 19.1. The van der Waals surface area contributed by atoms with Gasteiger partial charge in [0.1, 0.15) is 11.3 Å². The van der Waals surface area contributed by atoms with E-state index in [0.717, 1.165) is 5.57 Å². The highest BCUT2D eigenvalue weighted by Gasteiger charge is 2.73. The van der Waals surface area contributed by atoms with E-state index in [4.69, 9.17) is 0 Å². The monoisotopic (exact) mass is 364 g/mol. The normalized spacial score (nSPS) is 53.4. The molecule has 0 aromatic carbocycles. The summed E-state index contributed by atoms with van der Waals surface area (Å²) >= 11 is 0. The van der Waals surface area contributed by atoms with E-state index in [-0.39, 0.29) is 23.9 Å². The van der Waals surface area contributed by atoms with Crippen LogP contribution in [0.5, 0.6) is 0 Å². The van der Waals surface area contributed by atoms with Gasteiger partial charge in [0.15, 0.2) is 11.6 Å². The Hall–Kier alpha value is -1.07. The highest BCUT2D eigenvalue weighted by atomic mass is 19.1. The Morgan fingerprint density at radius 2 is 1.88 bits per heavy atom. The van der Waals surface area contributed by atoms with Gasteiger partial charge in [-0.25, -0.2) is 4.39 Å². The summed E-state index contributed by atoms with van der Waals surface area (Å²) in [7, 11) is 0. The molecule has 0 unspecified atom stereocenters. The molecule has 26 heavy (non-hydrogen) atoms. The smallest absolute Gasteiger partial charge is 0.161 e. The molecule has 0 amide bonds. The number of hydrogen-bond acceptors (Lipinski definition) is 4. The summed E-state index contributed by atoms with van der Waals surface area (Å²) in [5.41, 5.74) is -4.12. The Kier molecular flexibility index (Phi) is 3.70. The number of aliphatic hydroxyl groups is 2. The minimum Gasteiger partial charge on any atom is -0.390 e. The fourth-order valence-corrected chi connectivity index (χ4v) is 7.15. The van der Waals surface area contributed by atoms with E-state index in [2.05, 4.69) is 0 Å². The first-order valence-corrected chi connectivity index (χ1v) is 9.85. The number of aliphatic hydroxyl groups excluding tert-OH is 1. The molecule has 0 spiro atoms. The number of fused-ring (bicyclic) bond motifs is 5. The van der Waals surface area contributed by atoms with E-state index in [1.807, 2.05) is 13.8 Å². The number of rotatable bonds is 1. The van der Waals surface area contributed by atoms with Crippen LogP contribution in [0.2, 0.25) is 0 Å². The topological polar surface area (TPSA) is 74.6 Å². The van der Waals surface area contributed by atoms with Crippen LogP contribution in [-0.2, 0) is 9.59 Å². The Morgan fingerprint density at radius 3 is 2.54 bits per heavy atom. The fraction of sp³-hybridized carbons (Fsp3) is 0.810. The lowest BCUT2D eigenvalue weighted by Gasteiger charge is -2.63. The molecule has 5 heteroatoms. The number of Topliss-reactive ketones (excluding diaryl/α,β-unsaturated/α-hetero) is 1. The summed E-state index contributed by atoms with van der Waals surface area (Å²) in [6.45, 7) is 5.11. The molecule has 3 fully saturated rings. The Labute approximate surface area is 153 Å². The lowest BCUT2D eigenvalue weighted by molar-refractivity contribution is -0.225. The van der Waals surface area contributed by atoms with E-state index < -0.39 is 34.1 Å². The Bertz CT molecular complexity index is 717. The lowest BCUT2D eigenvalue weighted by atomic mass is 9.44. The van der Waals surface area contributed by atoms with Gasteiger partial charge in [0.2, 0.25) is 0 Å². The molecule has 144 valence electrons. The van der Waals surface area contributed by atoms with Crippen molar-refractivity contribution in [2.75, 3.05) is 0 Å². The van der Waals surface area contributed by atoms with E-state index >= 15 is 4.39 Å². The zero-order valence-corrected chi connectivity index (χ0v) is 15.8. The number of halogens is 1. The molecule has 0 aromatic heterocycles. The molecule has 0 radical (unpaired) electrons. The molecule has 0 aliphatic heterocycles. The maximum absolute atomic E-state index is 16.8. The molecular weight excluding hydrogens is 335 g/mol. The van der Waals surface area contributed by atoms with Crippen LogP contribution in [0, 0.1) is 22.7 Å². The van der Waals surface area contributed by atoms with Crippen molar-refractivity contribution >= 4 is 11.6 Å². The molecule has 4 nitrogen and oxygen atoms in total. The number of carbonyl (C=O) groups excluding carboxylic acids is 2. The summed E-state index contributed by atoms with van der Waals surface area (Å²) in [6, 6.07) is 0. The molecule has 0 aromatic rings. The molecule has 0 saturated heterocycles. The fourth-order valence-electron chi connectivity index (χ4n) is 7.15. The van der Waals surface area contributed by atoms with Gasteiger partial charge in [-0.2, -0.15) is 0 Å². The van der Waals surface area contributed by atoms with Crippen LogP contribution in [0.3, 0.4) is 0 Å². The summed E-state index contributed by atoms with van der Waals surface area (Å²) in [6.07, 6.45) is 3.29. The maximum Gasteiger partial charge on any atom is 0.161 e. The van der Waals surface area contributed by atoms with Crippen LogP contribution in [-0.4, -0.2) is 39.2 Å². The number of hydrogen-bond donors (Lipinski definition) is 2. The van der Waals surface area contributed by atoms with Gasteiger partial charge in [-0.3, -0.25) is 9.59 Å². The van der Waals surface area contributed by atoms with Gasteiger partial charge in [0.05, 0.1) is 6.10 Å². The predicted octanol–water partition coefficient (Wildman–Crippen LogP) is 2.90.